The fourth-order valence-electron chi connectivity index (χ4n) is 2.03. The van der Waals surface area contributed by atoms with Crippen LogP contribution in [0.4, 0.5) is 5.69 Å². The van der Waals surface area contributed by atoms with E-state index in [1.807, 2.05) is 23.6 Å². The zero-order valence-electron chi connectivity index (χ0n) is 11.9. The SMILES string of the molecule is CCCn1cc(N)cc1C(=O)NCc1ccc(C)nc1. The van der Waals surface area contributed by atoms with Crippen molar-refractivity contribution in [1.29, 1.82) is 0 Å². The van der Waals surface area contributed by atoms with Crippen LogP contribution in [-0.4, -0.2) is 15.5 Å². The maximum Gasteiger partial charge on any atom is 0.268 e. The van der Waals surface area contributed by atoms with E-state index in [2.05, 4.69) is 17.2 Å². The van der Waals surface area contributed by atoms with Gasteiger partial charge in [0.2, 0.25) is 0 Å². The second kappa shape index (κ2) is 6.23. The van der Waals surface area contributed by atoms with E-state index >= 15 is 0 Å². The molecule has 5 heteroatoms. The molecule has 0 unspecified atom stereocenters. The number of aromatic nitrogens is 2. The number of nitrogens with zero attached hydrogens (tertiary/aromatic N) is 2. The molecule has 0 saturated carbocycles. The smallest absolute Gasteiger partial charge is 0.268 e. The Bertz CT molecular complexity index is 586. The molecule has 0 aliphatic heterocycles. The summed E-state index contributed by atoms with van der Waals surface area (Å²) in [6, 6.07) is 5.60. The van der Waals surface area contributed by atoms with Crippen molar-refractivity contribution in [3.05, 3.63) is 47.5 Å². The highest BCUT2D eigenvalue weighted by molar-refractivity contribution is 5.93. The van der Waals surface area contributed by atoms with Crippen molar-refractivity contribution in [1.82, 2.24) is 14.9 Å². The van der Waals surface area contributed by atoms with Crippen LogP contribution in [0.5, 0.6) is 0 Å². The van der Waals surface area contributed by atoms with Crippen LogP contribution in [0.3, 0.4) is 0 Å². The molecule has 0 radical (unpaired) electrons. The summed E-state index contributed by atoms with van der Waals surface area (Å²) >= 11 is 0. The van der Waals surface area contributed by atoms with Crippen molar-refractivity contribution in [3.8, 4) is 0 Å². The number of hydrogen-bond acceptors (Lipinski definition) is 3. The molecule has 0 spiro atoms. The first kappa shape index (κ1) is 14.1. The Labute approximate surface area is 118 Å². The van der Waals surface area contributed by atoms with E-state index in [1.54, 1.807) is 18.5 Å². The van der Waals surface area contributed by atoms with Crippen LogP contribution in [0.2, 0.25) is 0 Å². The van der Waals surface area contributed by atoms with Gasteiger partial charge in [0.25, 0.3) is 5.91 Å². The van der Waals surface area contributed by atoms with E-state index in [4.69, 9.17) is 5.73 Å². The van der Waals surface area contributed by atoms with Crippen LogP contribution in [-0.2, 0) is 13.1 Å². The number of aryl methyl sites for hydroxylation is 2. The van der Waals surface area contributed by atoms with Crippen molar-refractivity contribution < 1.29 is 4.79 Å². The molecule has 0 atom stereocenters. The summed E-state index contributed by atoms with van der Waals surface area (Å²) in [7, 11) is 0. The van der Waals surface area contributed by atoms with Crippen molar-refractivity contribution in [3.63, 3.8) is 0 Å². The minimum atomic E-state index is -0.115. The van der Waals surface area contributed by atoms with Crippen LogP contribution in [0.15, 0.2) is 30.6 Å². The Kier molecular flexibility index (Phi) is 4.40. The molecule has 0 aromatic carbocycles. The van der Waals surface area contributed by atoms with E-state index in [-0.39, 0.29) is 5.91 Å². The molecular weight excluding hydrogens is 252 g/mol. The number of amides is 1. The van der Waals surface area contributed by atoms with Crippen molar-refractivity contribution in [2.24, 2.45) is 0 Å². The number of nitrogens with two attached hydrogens (primary N) is 1. The van der Waals surface area contributed by atoms with Gasteiger partial charge in [0.15, 0.2) is 0 Å². The highest BCUT2D eigenvalue weighted by atomic mass is 16.1. The summed E-state index contributed by atoms with van der Waals surface area (Å²) in [5, 5.41) is 2.89. The van der Waals surface area contributed by atoms with E-state index in [9.17, 15) is 4.79 Å². The van der Waals surface area contributed by atoms with Crippen molar-refractivity contribution in [2.45, 2.75) is 33.4 Å². The van der Waals surface area contributed by atoms with Crippen molar-refractivity contribution >= 4 is 11.6 Å². The van der Waals surface area contributed by atoms with Gasteiger partial charge in [0, 0.05) is 31.2 Å². The quantitative estimate of drug-likeness (QED) is 0.875. The third-order valence-electron chi connectivity index (χ3n) is 3.04. The topological polar surface area (TPSA) is 72.9 Å². The number of pyridine rings is 1. The predicted octanol–water partition coefficient (Wildman–Crippen LogP) is 2.11. The minimum absolute atomic E-state index is 0.115. The predicted molar refractivity (Wildman–Crippen MR) is 79.3 cm³/mol. The Balaban J connectivity index is 2.03. The molecule has 3 N–H and O–H groups in total. The Hall–Kier alpha value is -2.30. The first-order chi connectivity index (χ1) is 9.60. The summed E-state index contributed by atoms with van der Waals surface area (Å²) in [5.41, 5.74) is 8.91. The molecule has 5 nitrogen and oxygen atoms in total. The van der Waals surface area contributed by atoms with Gasteiger partial charge in [-0.15, -0.1) is 0 Å². The second-order valence-electron chi connectivity index (χ2n) is 4.84. The van der Waals surface area contributed by atoms with Gasteiger partial charge in [-0.1, -0.05) is 13.0 Å². The van der Waals surface area contributed by atoms with Gasteiger partial charge < -0.3 is 15.6 Å². The van der Waals surface area contributed by atoms with E-state index in [1.165, 1.54) is 0 Å². The third-order valence-corrected chi connectivity index (χ3v) is 3.04. The van der Waals surface area contributed by atoms with Gasteiger partial charge in [0.1, 0.15) is 5.69 Å². The lowest BCUT2D eigenvalue weighted by molar-refractivity contribution is 0.0941. The van der Waals surface area contributed by atoms with Gasteiger partial charge in [-0.2, -0.15) is 0 Å². The number of carbonyl (C=O) groups is 1. The molecule has 2 rings (SSSR count). The fourth-order valence-corrected chi connectivity index (χ4v) is 2.03. The van der Waals surface area contributed by atoms with Crippen LogP contribution in [0, 0.1) is 6.92 Å². The second-order valence-corrected chi connectivity index (χ2v) is 4.84. The first-order valence-electron chi connectivity index (χ1n) is 6.75. The molecule has 0 saturated heterocycles. The van der Waals surface area contributed by atoms with Crippen LogP contribution in [0.1, 0.15) is 35.1 Å². The molecule has 1 amide bonds. The zero-order valence-corrected chi connectivity index (χ0v) is 11.9. The maximum atomic E-state index is 12.2. The van der Waals surface area contributed by atoms with Crippen LogP contribution >= 0.6 is 0 Å². The average molecular weight is 272 g/mol. The first-order valence-corrected chi connectivity index (χ1v) is 6.75. The van der Waals surface area contributed by atoms with E-state index in [0.29, 0.717) is 17.9 Å². The number of anilines is 1. The molecule has 2 aromatic rings. The van der Waals surface area contributed by atoms with E-state index < -0.39 is 0 Å². The number of hydrogen-bond donors (Lipinski definition) is 2. The molecule has 2 heterocycles. The van der Waals surface area contributed by atoms with E-state index in [0.717, 1.165) is 24.2 Å². The Morgan fingerprint density at radius 1 is 1.45 bits per heavy atom. The summed E-state index contributed by atoms with van der Waals surface area (Å²) in [6.45, 7) is 5.24. The fraction of sp³-hybridized carbons (Fsp3) is 0.333. The van der Waals surface area contributed by atoms with Crippen LogP contribution in [0.25, 0.3) is 0 Å². The Morgan fingerprint density at radius 3 is 2.90 bits per heavy atom. The van der Waals surface area contributed by atoms with Gasteiger partial charge in [0.05, 0.1) is 5.69 Å². The molecule has 2 aromatic heterocycles. The lowest BCUT2D eigenvalue weighted by Gasteiger charge is -2.08. The van der Waals surface area contributed by atoms with Gasteiger partial charge in [-0.25, -0.2) is 0 Å². The summed E-state index contributed by atoms with van der Waals surface area (Å²) in [4.78, 5) is 16.4. The molecule has 0 aliphatic rings. The number of nitrogens with one attached hydrogen (secondary N) is 1. The molecular formula is C15H20N4O. The molecule has 106 valence electrons. The number of nitrogen functional groups attached to an aromatic ring is 1. The normalized spacial score (nSPS) is 10.5. The number of carbonyl (C=O) groups excluding carboxylic acids is 1. The minimum Gasteiger partial charge on any atom is -0.397 e. The highest BCUT2D eigenvalue weighted by Crippen LogP contribution is 2.11. The van der Waals surface area contributed by atoms with Gasteiger partial charge in [-0.3, -0.25) is 9.78 Å². The number of rotatable bonds is 5. The monoisotopic (exact) mass is 272 g/mol. The molecule has 0 bridgehead atoms. The molecule has 0 fully saturated rings. The average Bonchev–Trinajstić information content (AvgIpc) is 2.79. The summed E-state index contributed by atoms with van der Waals surface area (Å²) in [5.74, 6) is -0.115. The van der Waals surface area contributed by atoms with Crippen LogP contribution < -0.4 is 11.1 Å². The standard InChI is InChI=1S/C15H20N4O/c1-3-6-19-10-13(16)7-14(19)15(20)18-9-12-5-4-11(2)17-8-12/h4-5,7-8,10H,3,6,9,16H2,1-2H3,(H,18,20). The summed E-state index contributed by atoms with van der Waals surface area (Å²) in [6.07, 6.45) is 4.52. The lowest BCUT2D eigenvalue weighted by atomic mass is 10.2. The zero-order chi connectivity index (χ0) is 14.5. The summed E-state index contributed by atoms with van der Waals surface area (Å²) < 4.78 is 1.89. The molecule has 20 heavy (non-hydrogen) atoms. The third kappa shape index (κ3) is 3.38. The van der Waals surface area contributed by atoms with Gasteiger partial charge in [-0.05, 0) is 31.0 Å². The Morgan fingerprint density at radius 2 is 2.25 bits per heavy atom. The van der Waals surface area contributed by atoms with Crippen molar-refractivity contribution in [2.75, 3.05) is 5.73 Å². The maximum absolute atomic E-state index is 12.2. The highest BCUT2D eigenvalue weighted by Gasteiger charge is 2.12. The molecule has 0 aliphatic carbocycles. The largest absolute Gasteiger partial charge is 0.397 e. The van der Waals surface area contributed by atoms with Gasteiger partial charge >= 0.3 is 0 Å². The lowest BCUT2D eigenvalue weighted by Crippen LogP contribution is -2.25.